The fourth-order valence-corrected chi connectivity index (χ4v) is 7.10. The molecule has 16 heteroatoms. The first-order chi connectivity index (χ1) is 29.1. The molecule has 2 unspecified atom stereocenters. The highest BCUT2D eigenvalue weighted by atomic mass is 19.1. The van der Waals surface area contributed by atoms with Crippen molar-refractivity contribution < 1.29 is 37.3 Å². The molecule has 2 aliphatic rings. The fourth-order valence-electron chi connectivity index (χ4n) is 7.10. The van der Waals surface area contributed by atoms with Crippen LogP contribution in [0.5, 0.6) is 0 Å². The minimum absolute atomic E-state index is 0.256. The van der Waals surface area contributed by atoms with Gasteiger partial charge in [0.25, 0.3) is 0 Å². The maximum Gasteiger partial charge on any atom is 0.337 e. The smallest absolute Gasteiger partial charge is 0.337 e. The van der Waals surface area contributed by atoms with Gasteiger partial charge in [-0.25, -0.2) is 28.3 Å². The average Bonchev–Trinajstić information content (AvgIpc) is 3.28. The third-order valence-corrected chi connectivity index (χ3v) is 10.2. The number of ether oxygens (including phenoxy) is 4. The number of esters is 2. The lowest BCUT2D eigenvalue weighted by atomic mass is 10.0. The highest BCUT2D eigenvalue weighted by Gasteiger charge is 2.22. The highest BCUT2D eigenvalue weighted by molar-refractivity contribution is 5.96. The van der Waals surface area contributed by atoms with Gasteiger partial charge in [0, 0.05) is 48.7 Å². The number of fused-ring (bicyclic) bond motifs is 2. The Morgan fingerprint density at radius 2 is 1.03 bits per heavy atom. The molecule has 0 saturated carbocycles. The number of morpholine rings is 2. The van der Waals surface area contributed by atoms with Gasteiger partial charge < -0.3 is 39.4 Å². The number of nitrogens with zero attached hydrogens (tertiary/aromatic N) is 6. The van der Waals surface area contributed by atoms with Crippen molar-refractivity contribution in [3.8, 4) is 0 Å². The molecule has 2 aliphatic heterocycles. The van der Waals surface area contributed by atoms with Crippen molar-refractivity contribution in [3.05, 3.63) is 119 Å². The highest BCUT2D eigenvalue weighted by Crippen LogP contribution is 2.31. The Balaban J connectivity index is 0.000000181. The molecule has 4 heterocycles. The van der Waals surface area contributed by atoms with E-state index in [0.717, 1.165) is 48.9 Å². The summed E-state index contributed by atoms with van der Waals surface area (Å²) >= 11 is 0. The van der Waals surface area contributed by atoms with Crippen molar-refractivity contribution in [2.75, 3.05) is 87.3 Å². The minimum Gasteiger partial charge on any atom is -0.465 e. The summed E-state index contributed by atoms with van der Waals surface area (Å²) in [6.07, 6.45) is 3.42. The third kappa shape index (κ3) is 9.84. The van der Waals surface area contributed by atoms with Crippen LogP contribution in [-0.2, 0) is 18.9 Å². The van der Waals surface area contributed by atoms with Crippen molar-refractivity contribution in [1.29, 1.82) is 0 Å². The molecule has 2 fully saturated rings. The first-order valence-electron chi connectivity index (χ1n) is 19.6. The van der Waals surface area contributed by atoms with Crippen LogP contribution in [0.15, 0.2) is 85.2 Å². The zero-order valence-electron chi connectivity index (χ0n) is 33.8. The van der Waals surface area contributed by atoms with Crippen LogP contribution < -0.4 is 20.4 Å². The fraction of sp³-hybridized carbons (Fsp3) is 0.318. The number of halogens is 2. The predicted octanol–water partition coefficient (Wildman–Crippen LogP) is 7.13. The minimum atomic E-state index is -0.449. The second kappa shape index (κ2) is 19.0. The van der Waals surface area contributed by atoms with E-state index in [0.29, 0.717) is 71.0 Å². The van der Waals surface area contributed by atoms with E-state index < -0.39 is 11.9 Å². The van der Waals surface area contributed by atoms with Crippen molar-refractivity contribution in [2.24, 2.45) is 0 Å². The summed E-state index contributed by atoms with van der Waals surface area (Å²) in [6, 6.07) is 18.8. The van der Waals surface area contributed by atoms with Crippen molar-refractivity contribution in [3.63, 3.8) is 0 Å². The van der Waals surface area contributed by atoms with Crippen molar-refractivity contribution in [1.82, 2.24) is 19.9 Å². The number of hydrogen-bond donors (Lipinski definition) is 2. The third-order valence-electron chi connectivity index (χ3n) is 10.2. The normalized spacial score (nSPS) is 15.1. The Bertz CT molecular complexity index is 2310. The summed E-state index contributed by atoms with van der Waals surface area (Å²) in [5.74, 6) is -0.0264. The largest absolute Gasteiger partial charge is 0.465 e. The number of anilines is 4. The lowest BCUT2D eigenvalue weighted by molar-refractivity contribution is 0.0592. The second-order valence-electron chi connectivity index (χ2n) is 14.3. The van der Waals surface area contributed by atoms with Gasteiger partial charge in [0.15, 0.2) is 0 Å². The quantitative estimate of drug-likeness (QED) is 0.135. The molecular formula is C44H46F2N8O6. The first-order valence-corrected chi connectivity index (χ1v) is 19.6. The number of rotatable bonds is 10. The maximum atomic E-state index is 13.6. The van der Waals surface area contributed by atoms with Crippen LogP contribution in [0.3, 0.4) is 0 Å². The number of carbonyl (C=O) groups excluding carboxylic acids is 2. The van der Waals surface area contributed by atoms with Gasteiger partial charge in [0.1, 0.15) is 23.3 Å². The Morgan fingerprint density at radius 3 is 1.40 bits per heavy atom. The summed E-state index contributed by atoms with van der Waals surface area (Å²) in [5.41, 5.74) is 6.16. The van der Waals surface area contributed by atoms with Crippen LogP contribution in [-0.4, -0.2) is 98.7 Å². The van der Waals surface area contributed by atoms with Gasteiger partial charge in [0.2, 0.25) is 0 Å². The van der Waals surface area contributed by atoms with Crippen LogP contribution >= 0.6 is 0 Å². The number of benzene rings is 4. The molecule has 2 N–H and O–H groups in total. The molecule has 0 amide bonds. The van der Waals surface area contributed by atoms with E-state index in [1.165, 1.54) is 38.5 Å². The lowest BCUT2D eigenvalue weighted by Crippen LogP contribution is -2.36. The van der Waals surface area contributed by atoms with Gasteiger partial charge in [0.05, 0.1) is 98.3 Å². The zero-order chi connectivity index (χ0) is 42.2. The van der Waals surface area contributed by atoms with Crippen LogP contribution in [0.25, 0.3) is 22.1 Å². The lowest BCUT2D eigenvalue weighted by Gasteiger charge is -2.28. The molecule has 4 aromatic carbocycles. The Hall–Kier alpha value is -6.52. The standard InChI is InChI=1S/2C22H23FN4O3/c2*1-14(25-17-5-3-4-16(23)12-17)18-10-15(22(28)29-2)11-19-21(18)26-20(13-24-19)27-6-8-30-9-7-27/h2*3-5,10-14,25H,6-9H2,1-2H3. The van der Waals surface area contributed by atoms with E-state index in [1.807, 2.05) is 13.8 Å². The van der Waals surface area contributed by atoms with E-state index in [-0.39, 0.29) is 23.7 Å². The van der Waals surface area contributed by atoms with E-state index >= 15 is 0 Å². The molecule has 2 aromatic heterocycles. The van der Waals surface area contributed by atoms with Crippen molar-refractivity contribution in [2.45, 2.75) is 25.9 Å². The topological polar surface area (TPSA) is 153 Å². The van der Waals surface area contributed by atoms with Gasteiger partial charge in [-0.1, -0.05) is 12.1 Å². The zero-order valence-corrected chi connectivity index (χ0v) is 33.8. The van der Waals surface area contributed by atoms with E-state index in [9.17, 15) is 18.4 Å². The molecule has 312 valence electrons. The van der Waals surface area contributed by atoms with Crippen LogP contribution in [0.1, 0.15) is 57.8 Å². The van der Waals surface area contributed by atoms with Gasteiger partial charge in [-0.15, -0.1) is 0 Å². The summed E-state index contributed by atoms with van der Waals surface area (Å²) in [5, 5.41) is 6.56. The van der Waals surface area contributed by atoms with Crippen LogP contribution in [0.2, 0.25) is 0 Å². The molecule has 14 nitrogen and oxygen atoms in total. The molecule has 6 aromatic rings. The molecule has 2 atom stereocenters. The number of methoxy groups -OCH3 is 2. The summed E-state index contributed by atoms with van der Waals surface area (Å²) in [4.78, 5) is 47.4. The molecule has 0 aliphatic carbocycles. The van der Waals surface area contributed by atoms with E-state index in [1.54, 1.807) is 60.9 Å². The molecule has 2 saturated heterocycles. The Kier molecular flexibility index (Phi) is 13.2. The monoisotopic (exact) mass is 820 g/mol. The van der Waals surface area contributed by atoms with Crippen molar-refractivity contribution >= 4 is 57.0 Å². The summed E-state index contributed by atoms with van der Waals surface area (Å²) in [7, 11) is 2.68. The SMILES string of the molecule is COC(=O)c1cc(C(C)Nc2cccc(F)c2)c2nc(N3CCOCC3)cnc2c1.COC(=O)c1cc(C(C)Nc2cccc(F)c2)c2nc(N3CCOCC3)cnc2c1. The Labute approximate surface area is 345 Å². The van der Waals surface area contributed by atoms with Gasteiger partial charge in [-0.2, -0.15) is 0 Å². The van der Waals surface area contributed by atoms with E-state index in [2.05, 4.69) is 30.4 Å². The number of nitrogens with one attached hydrogen (secondary N) is 2. The predicted molar refractivity (Wildman–Crippen MR) is 225 cm³/mol. The average molecular weight is 821 g/mol. The van der Waals surface area contributed by atoms with Gasteiger partial charge in [-0.3, -0.25) is 9.97 Å². The number of carbonyl (C=O) groups is 2. The second-order valence-corrected chi connectivity index (χ2v) is 14.3. The summed E-state index contributed by atoms with van der Waals surface area (Å²) in [6.45, 7) is 9.42. The Morgan fingerprint density at radius 1 is 0.633 bits per heavy atom. The summed E-state index contributed by atoms with van der Waals surface area (Å²) < 4.78 is 47.8. The van der Waals surface area contributed by atoms with Gasteiger partial charge >= 0.3 is 11.9 Å². The molecule has 0 spiro atoms. The molecule has 8 rings (SSSR count). The molecule has 0 bridgehead atoms. The molecular weight excluding hydrogens is 775 g/mol. The maximum absolute atomic E-state index is 13.6. The number of aromatic nitrogens is 4. The van der Waals surface area contributed by atoms with E-state index in [4.69, 9.17) is 28.9 Å². The number of hydrogen-bond acceptors (Lipinski definition) is 14. The van der Waals surface area contributed by atoms with Crippen LogP contribution in [0, 0.1) is 11.6 Å². The first kappa shape index (κ1) is 41.6. The van der Waals surface area contributed by atoms with Crippen LogP contribution in [0.4, 0.5) is 31.8 Å². The van der Waals surface area contributed by atoms with Gasteiger partial charge in [-0.05, 0) is 74.5 Å². The molecule has 60 heavy (non-hydrogen) atoms. The molecule has 0 radical (unpaired) electrons.